The number of carbonyl (C=O) groups excluding carboxylic acids is 1. The average molecular weight is 237 g/mol. The Balaban J connectivity index is 2.55. The van der Waals surface area contributed by atoms with Gasteiger partial charge in [0, 0.05) is 0 Å². The van der Waals surface area contributed by atoms with E-state index >= 15 is 0 Å². The zero-order valence-corrected chi connectivity index (χ0v) is 10.5. The highest BCUT2D eigenvalue weighted by Crippen LogP contribution is 2.22. The van der Waals surface area contributed by atoms with Crippen molar-refractivity contribution >= 4 is 11.7 Å². The normalized spacial score (nSPS) is 10.4. The number of benzene rings is 1. The molecule has 1 aromatic carbocycles. The lowest BCUT2D eigenvalue weighted by atomic mass is 10.1. The molecule has 0 aliphatic carbocycles. The van der Waals surface area contributed by atoms with Crippen LogP contribution in [0.4, 0.5) is 5.69 Å². The molecule has 0 radical (unpaired) electrons. The Kier molecular flexibility index (Phi) is 4.82. The van der Waals surface area contributed by atoms with Gasteiger partial charge in [-0.05, 0) is 38.0 Å². The lowest BCUT2D eigenvalue weighted by Crippen LogP contribution is -2.19. The maximum absolute atomic E-state index is 11.3. The quantitative estimate of drug-likeness (QED) is 0.629. The first kappa shape index (κ1) is 13.4. The third-order valence-corrected chi connectivity index (χ3v) is 2.20. The van der Waals surface area contributed by atoms with Gasteiger partial charge in [-0.3, -0.25) is 0 Å². The molecule has 1 aromatic rings. The first-order valence-electron chi connectivity index (χ1n) is 5.73. The monoisotopic (exact) mass is 237 g/mol. The highest BCUT2D eigenvalue weighted by atomic mass is 16.6. The summed E-state index contributed by atoms with van der Waals surface area (Å²) in [5, 5.41) is 0. The van der Waals surface area contributed by atoms with E-state index in [1.807, 2.05) is 12.1 Å². The molecule has 17 heavy (non-hydrogen) atoms. The minimum atomic E-state index is -0.390. The van der Waals surface area contributed by atoms with Gasteiger partial charge >= 0.3 is 5.97 Å². The molecule has 0 aliphatic heterocycles. The molecule has 0 fully saturated rings. The second-order valence-electron chi connectivity index (χ2n) is 4.05. The summed E-state index contributed by atoms with van der Waals surface area (Å²) in [6.45, 7) is 5.52. The zero-order valence-electron chi connectivity index (χ0n) is 10.5. The van der Waals surface area contributed by atoms with Crippen molar-refractivity contribution < 1.29 is 14.3 Å². The molecule has 0 unspecified atom stereocenters. The van der Waals surface area contributed by atoms with E-state index in [1.165, 1.54) is 0 Å². The molecule has 0 bridgehead atoms. The summed E-state index contributed by atoms with van der Waals surface area (Å²) < 4.78 is 10.3. The van der Waals surface area contributed by atoms with Crippen LogP contribution in [0.3, 0.4) is 0 Å². The summed E-state index contributed by atoms with van der Waals surface area (Å²) >= 11 is 0. The molecule has 0 spiro atoms. The summed E-state index contributed by atoms with van der Waals surface area (Å²) in [6, 6.07) is 5.55. The van der Waals surface area contributed by atoms with Crippen molar-refractivity contribution in [3.8, 4) is 5.75 Å². The highest BCUT2D eigenvalue weighted by Gasteiger charge is 2.08. The summed E-state index contributed by atoms with van der Waals surface area (Å²) in [7, 11) is 0. The molecular weight excluding hydrogens is 218 g/mol. The highest BCUT2D eigenvalue weighted by molar-refractivity contribution is 5.71. The van der Waals surface area contributed by atoms with Gasteiger partial charge in [-0.25, -0.2) is 4.79 Å². The molecule has 0 aliphatic rings. The van der Waals surface area contributed by atoms with Gasteiger partial charge in [0.25, 0.3) is 0 Å². The van der Waals surface area contributed by atoms with Crippen molar-refractivity contribution in [2.75, 3.05) is 12.3 Å². The minimum absolute atomic E-state index is 0.117. The van der Waals surface area contributed by atoms with Crippen LogP contribution < -0.4 is 10.5 Å². The van der Waals surface area contributed by atoms with Crippen LogP contribution in [-0.4, -0.2) is 18.7 Å². The van der Waals surface area contributed by atoms with Gasteiger partial charge in [0.2, 0.25) is 0 Å². The molecule has 0 atom stereocenters. The lowest BCUT2D eigenvalue weighted by molar-refractivity contribution is -0.149. The van der Waals surface area contributed by atoms with Crippen LogP contribution in [0.25, 0.3) is 0 Å². The molecule has 4 heteroatoms. The van der Waals surface area contributed by atoms with Gasteiger partial charge in [0.1, 0.15) is 5.75 Å². The summed E-state index contributed by atoms with van der Waals surface area (Å²) in [4.78, 5) is 11.3. The smallest absolute Gasteiger partial charge is 0.344 e. The number of carbonyl (C=O) groups is 1. The van der Waals surface area contributed by atoms with Crippen LogP contribution in [-0.2, 0) is 16.0 Å². The lowest BCUT2D eigenvalue weighted by Gasteiger charge is -2.11. The maximum atomic E-state index is 11.3. The fraction of sp³-hybridized carbons (Fsp3) is 0.462. The molecule has 94 valence electrons. The van der Waals surface area contributed by atoms with Crippen molar-refractivity contribution in [2.24, 2.45) is 0 Å². The second-order valence-corrected chi connectivity index (χ2v) is 4.05. The number of ether oxygens (including phenoxy) is 2. The predicted molar refractivity (Wildman–Crippen MR) is 67.0 cm³/mol. The number of hydrogen-bond donors (Lipinski definition) is 1. The Hall–Kier alpha value is -1.71. The van der Waals surface area contributed by atoms with Crippen molar-refractivity contribution in [1.82, 2.24) is 0 Å². The van der Waals surface area contributed by atoms with Gasteiger partial charge < -0.3 is 15.2 Å². The molecule has 4 nitrogen and oxygen atoms in total. The zero-order chi connectivity index (χ0) is 12.8. The van der Waals surface area contributed by atoms with Crippen LogP contribution in [0, 0.1) is 0 Å². The fourth-order valence-corrected chi connectivity index (χ4v) is 1.38. The Morgan fingerprint density at radius 1 is 1.41 bits per heavy atom. The fourth-order valence-electron chi connectivity index (χ4n) is 1.38. The van der Waals surface area contributed by atoms with Crippen LogP contribution >= 0.6 is 0 Å². The van der Waals surface area contributed by atoms with Crippen LogP contribution in [0.5, 0.6) is 5.75 Å². The number of anilines is 1. The largest absolute Gasteiger partial charge is 0.480 e. The van der Waals surface area contributed by atoms with Gasteiger partial charge in [0.15, 0.2) is 6.61 Å². The Bertz CT molecular complexity index is 388. The molecule has 0 saturated heterocycles. The topological polar surface area (TPSA) is 61.5 Å². The third kappa shape index (κ3) is 4.34. The first-order valence-corrected chi connectivity index (χ1v) is 5.73. The van der Waals surface area contributed by atoms with E-state index in [0.29, 0.717) is 11.4 Å². The van der Waals surface area contributed by atoms with Crippen LogP contribution in [0.1, 0.15) is 26.3 Å². The van der Waals surface area contributed by atoms with E-state index in [4.69, 9.17) is 15.2 Å². The number of rotatable bonds is 5. The number of nitrogens with two attached hydrogens (primary N) is 1. The molecule has 1 rings (SSSR count). The van der Waals surface area contributed by atoms with Crippen molar-refractivity contribution in [1.29, 1.82) is 0 Å². The van der Waals surface area contributed by atoms with E-state index in [-0.39, 0.29) is 18.7 Å². The third-order valence-electron chi connectivity index (χ3n) is 2.20. The Morgan fingerprint density at radius 3 is 2.65 bits per heavy atom. The molecular formula is C13H19NO3. The molecule has 0 amide bonds. The standard InChI is InChI=1S/C13H19NO3/c1-4-10-5-6-12(11(14)7-10)16-8-13(15)17-9(2)3/h5-7,9H,4,8,14H2,1-3H3. The molecule has 0 heterocycles. The van der Waals surface area contributed by atoms with E-state index in [0.717, 1.165) is 12.0 Å². The maximum Gasteiger partial charge on any atom is 0.344 e. The van der Waals surface area contributed by atoms with Crippen LogP contribution in [0.15, 0.2) is 18.2 Å². The van der Waals surface area contributed by atoms with Gasteiger partial charge in [-0.2, -0.15) is 0 Å². The van der Waals surface area contributed by atoms with E-state index in [1.54, 1.807) is 19.9 Å². The summed E-state index contributed by atoms with van der Waals surface area (Å²) in [5.74, 6) is 0.127. The SMILES string of the molecule is CCc1ccc(OCC(=O)OC(C)C)c(N)c1. The van der Waals surface area contributed by atoms with Gasteiger partial charge in [-0.15, -0.1) is 0 Å². The number of aryl methyl sites for hydroxylation is 1. The van der Waals surface area contributed by atoms with E-state index in [2.05, 4.69) is 6.92 Å². The molecule has 0 saturated carbocycles. The van der Waals surface area contributed by atoms with Crippen molar-refractivity contribution in [3.05, 3.63) is 23.8 Å². The average Bonchev–Trinajstić information content (AvgIpc) is 2.26. The summed E-state index contributed by atoms with van der Waals surface area (Å²) in [5.41, 5.74) is 7.49. The van der Waals surface area contributed by atoms with E-state index in [9.17, 15) is 4.79 Å². The summed E-state index contributed by atoms with van der Waals surface area (Å²) in [6.07, 6.45) is 0.783. The Labute approximate surface area is 102 Å². The number of hydrogen-bond acceptors (Lipinski definition) is 4. The first-order chi connectivity index (χ1) is 8.02. The second kappa shape index (κ2) is 6.13. The van der Waals surface area contributed by atoms with Gasteiger partial charge in [-0.1, -0.05) is 13.0 Å². The Morgan fingerprint density at radius 2 is 2.12 bits per heavy atom. The van der Waals surface area contributed by atoms with Gasteiger partial charge in [0.05, 0.1) is 11.8 Å². The number of nitrogen functional groups attached to an aromatic ring is 1. The van der Waals surface area contributed by atoms with Crippen LogP contribution in [0.2, 0.25) is 0 Å². The molecule has 0 aromatic heterocycles. The predicted octanol–water partition coefficient (Wildman–Crippen LogP) is 2.16. The van der Waals surface area contributed by atoms with E-state index < -0.39 is 0 Å². The number of esters is 1. The van der Waals surface area contributed by atoms with Crippen molar-refractivity contribution in [3.63, 3.8) is 0 Å². The van der Waals surface area contributed by atoms with Crippen molar-refractivity contribution in [2.45, 2.75) is 33.3 Å². The minimum Gasteiger partial charge on any atom is -0.480 e. The molecule has 2 N–H and O–H groups in total.